The maximum Gasteiger partial charge on any atom is 0.355 e. The molecular formula is C21H23ClN2O3. The van der Waals surface area contributed by atoms with Crippen molar-refractivity contribution < 1.29 is 14.3 Å². The van der Waals surface area contributed by atoms with Crippen LogP contribution in [-0.2, 0) is 11.3 Å². The molecule has 1 aliphatic heterocycles. The molecule has 3 aromatic rings. The van der Waals surface area contributed by atoms with E-state index in [1.807, 2.05) is 54.6 Å². The van der Waals surface area contributed by atoms with Crippen LogP contribution in [0.5, 0.6) is 5.75 Å². The summed E-state index contributed by atoms with van der Waals surface area (Å²) in [6, 6.07) is 17.3. The van der Waals surface area contributed by atoms with E-state index in [-0.39, 0.29) is 31.1 Å². The number of rotatable bonds is 5. The van der Waals surface area contributed by atoms with Crippen molar-refractivity contribution in [1.82, 2.24) is 10.3 Å². The molecule has 1 aliphatic rings. The number of esters is 1. The predicted octanol–water partition coefficient (Wildman–Crippen LogP) is 4.08. The molecule has 6 heteroatoms. The molecule has 142 valence electrons. The summed E-state index contributed by atoms with van der Waals surface area (Å²) in [7, 11) is 0. The Balaban J connectivity index is 0.00000210. The molecule has 0 amide bonds. The highest BCUT2D eigenvalue weighted by Gasteiger charge is 2.18. The first-order valence-corrected chi connectivity index (χ1v) is 9.00. The molecule has 1 fully saturated rings. The lowest BCUT2D eigenvalue weighted by atomic mass is 10.1. The summed E-state index contributed by atoms with van der Waals surface area (Å²) in [5, 5.41) is 4.25. The largest absolute Gasteiger partial charge is 0.490 e. The van der Waals surface area contributed by atoms with Gasteiger partial charge in [0.25, 0.3) is 0 Å². The molecule has 0 unspecified atom stereocenters. The number of carbonyl (C=O) groups excluding carboxylic acids is 1. The van der Waals surface area contributed by atoms with E-state index in [9.17, 15) is 4.79 Å². The van der Waals surface area contributed by atoms with Gasteiger partial charge in [0.05, 0.1) is 0 Å². The van der Waals surface area contributed by atoms with E-state index in [2.05, 4.69) is 10.3 Å². The van der Waals surface area contributed by atoms with Crippen LogP contribution < -0.4 is 10.1 Å². The smallest absolute Gasteiger partial charge is 0.355 e. The predicted molar refractivity (Wildman–Crippen MR) is 108 cm³/mol. The van der Waals surface area contributed by atoms with Crippen LogP contribution in [0.3, 0.4) is 0 Å². The minimum Gasteiger partial charge on any atom is -0.490 e. The molecule has 0 radical (unpaired) electrons. The monoisotopic (exact) mass is 386 g/mol. The summed E-state index contributed by atoms with van der Waals surface area (Å²) in [6.45, 7) is 2.21. The van der Waals surface area contributed by atoms with Crippen LogP contribution in [0.2, 0.25) is 0 Å². The second-order valence-electron chi connectivity index (χ2n) is 6.53. The van der Waals surface area contributed by atoms with Crippen molar-refractivity contribution in [1.29, 1.82) is 0 Å². The summed E-state index contributed by atoms with van der Waals surface area (Å²) in [6.07, 6.45) is 2.20. The Morgan fingerprint density at radius 3 is 2.59 bits per heavy atom. The molecule has 1 saturated heterocycles. The maximum absolute atomic E-state index is 12.4. The van der Waals surface area contributed by atoms with Gasteiger partial charge in [-0.3, -0.25) is 0 Å². The fraction of sp³-hybridized carbons (Fsp3) is 0.286. The van der Waals surface area contributed by atoms with Crippen molar-refractivity contribution in [2.45, 2.75) is 25.6 Å². The zero-order valence-electron chi connectivity index (χ0n) is 14.9. The van der Waals surface area contributed by atoms with Crippen LogP contribution in [-0.4, -0.2) is 30.1 Å². The number of hydrogen-bond acceptors (Lipinski definition) is 4. The van der Waals surface area contributed by atoms with E-state index in [1.165, 1.54) is 0 Å². The summed E-state index contributed by atoms with van der Waals surface area (Å²) < 4.78 is 11.6. The first-order valence-electron chi connectivity index (χ1n) is 9.00. The van der Waals surface area contributed by atoms with E-state index >= 15 is 0 Å². The summed E-state index contributed by atoms with van der Waals surface area (Å²) in [5.41, 5.74) is 2.28. The minimum absolute atomic E-state index is 0. The number of H-pyrrole nitrogens is 1. The molecule has 0 aliphatic carbocycles. The van der Waals surface area contributed by atoms with Crippen molar-refractivity contribution in [3.8, 4) is 5.75 Å². The van der Waals surface area contributed by atoms with Crippen molar-refractivity contribution in [2.24, 2.45) is 0 Å². The topological polar surface area (TPSA) is 63.4 Å². The highest BCUT2D eigenvalue weighted by atomic mass is 35.5. The van der Waals surface area contributed by atoms with Gasteiger partial charge in [0.2, 0.25) is 0 Å². The third-order valence-corrected chi connectivity index (χ3v) is 4.64. The lowest BCUT2D eigenvalue weighted by molar-refractivity contribution is 0.0467. The first-order chi connectivity index (χ1) is 12.8. The van der Waals surface area contributed by atoms with Crippen molar-refractivity contribution in [3.63, 3.8) is 0 Å². The molecule has 4 rings (SSSR count). The quantitative estimate of drug-likeness (QED) is 0.648. The number of aromatic nitrogens is 1. The van der Waals surface area contributed by atoms with Crippen LogP contribution in [0.1, 0.15) is 28.9 Å². The van der Waals surface area contributed by atoms with Gasteiger partial charge >= 0.3 is 5.97 Å². The standard InChI is InChI=1S/C21H22N2O3.ClH/c24-21(25-14-15-5-2-1-3-6-15)19-13-17-18(23-19)7-4-8-20(17)26-16-9-11-22-12-10-16;/h1-8,13,16,22-23H,9-12,14H2;1H. The van der Waals surface area contributed by atoms with Crippen LogP contribution >= 0.6 is 12.4 Å². The number of hydrogen-bond donors (Lipinski definition) is 2. The molecule has 2 aromatic carbocycles. The third kappa shape index (κ3) is 4.62. The number of carbonyl (C=O) groups is 1. The lowest BCUT2D eigenvalue weighted by Gasteiger charge is -2.24. The second-order valence-corrected chi connectivity index (χ2v) is 6.53. The van der Waals surface area contributed by atoms with Gasteiger partial charge in [0.1, 0.15) is 24.2 Å². The van der Waals surface area contributed by atoms with Gasteiger partial charge in [-0.2, -0.15) is 0 Å². The Labute approximate surface area is 164 Å². The number of ether oxygens (including phenoxy) is 2. The molecular weight excluding hydrogens is 364 g/mol. The molecule has 27 heavy (non-hydrogen) atoms. The molecule has 5 nitrogen and oxygen atoms in total. The SMILES string of the molecule is Cl.O=C(OCc1ccccc1)c1cc2c(OC3CCNCC3)cccc2[nH]1. The fourth-order valence-electron chi connectivity index (χ4n) is 3.23. The van der Waals surface area contributed by atoms with Gasteiger partial charge < -0.3 is 19.8 Å². The van der Waals surface area contributed by atoms with E-state index in [4.69, 9.17) is 9.47 Å². The highest BCUT2D eigenvalue weighted by molar-refractivity contribution is 5.97. The normalized spacial score (nSPS) is 14.5. The summed E-state index contributed by atoms with van der Waals surface area (Å²) in [5.74, 6) is 0.450. The Morgan fingerprint density at radius 1 is 1.04 bits per heavy atom. The van der Waals surface area contributed by atoms with Gasteiger partial charge in [0.15, 0.2) is 0 Å². The Bertz CT molecular complexity index is 889. The van der Waals surface area contributed by atoms with Crippen LogP contribution in [0.4, 0.5) is 0 Å². The zero-order chi connectivity index (χ0) is 17.8. The molecule has 2 N–H and O–H groups in total. The number of aromatic amines is 1. The molecule has 2 heterocycles. The van der Waals surface area contributed by atoms with Crippen molar-refractivity contribution >= 4 is 29.3 Å². The fourth-order valence-corrected chi connectivity index (χ4v) is 3.23. The first kappa shape index (κ1) is 19.3. The van der Waals surface area contributed by atoms with Gasteiger partial charge in [-0.05, 0) is 49.7 Å². The van der Waals surface area contributed by atoms with E-state index in [0.717, 1.165) is 48.1 Å². The van der Waals surface area contributed by atoms with E-state index < -0.39 is 0 Å². The Hall–Kier alpha value is -2.50. The molecule has 0 bridgehead atoms. The van der Waals surface area contributed by atoms with Gasteiger partial charge in [-0.25, -0.2) is 4.79 Å². The number of halogens is 1. The average molecular weight is 387 g/mol. The Kier molecular flexibility index (Phi) is 6.37. The molecule has 0 atom stereocenters. The van der Waals surface area contributed by atoms with Gasteiger partial charge in [-0.1, -0.05) is 36.4 Å². The molecule has 1 aromatic heterocycles. The lowest BCUT2D eigenvalue weighted by Crippen LogP contribution is -2.34. The number of fused-ring (bicyclic) bond motifs is 1. The highest BCUT2D eigenvalue weighted by Crippen LogP contribution is 2.28. The number of piperidine rings is 1. The van der Waals surface area contributed by atoms with Crippen molar-refractivity contribution in [2.75, 3.05) is 13.1 Å². The van der Waals surface area contributed by atoms with Crippen LogP contribution in [0.25, 0.3) is 10.9 Å². The number of benzene rings is 2. The van der Waals surface area contributed by atoms with Crippen LogP contribution in [0, 0.1) is 0 Å². The van der Waals surface area contributed by atoms with Gasteiger partial charge in [0, 0.05) is 10.9 Å². The molecule has 0 saturated carbocycles. The Morgan fingerprint density at radius 2 is 1.81 bits per heavy atom. The van der Waals surface area contributed by atoms with E-state index in [0.29, 0.717) is 5.69 Å². The third-order valence-electron chi connectivity index (χ3n) is 4.64. The van der Waals surface area contributed by atoms with Gasteiger partial charge in [-0.15, -0.1) is 12.4 Å². The van der Waals surface area contributed by atoms with Crippen molar-refractivity contribution in [3.05, 3.63) is 65.9 Å². The zero-order valence-corrected chi connectivity index (χ0v) is 15.8. The summed E-state index contributed by atoms with van der Waals surface area (Å²) in [4.78, 5) is 15.5. The maximum atomic E-state index is 12.4. The average Bonchev–Trinajstić information content (AvgIpc) is 3.13. The van der Waals surface area contributed by atoms with Crippen LogP contribution in [0.15, 0.2) is 54.6 Å². The number of nitrogens with one attached hydrogen (secondary N) is 2. The summed E-state index contributed by atoms with van der Waals surface area (Å²) >= 11 is 0. The second kappa shape index (κ2) is 8.93. The molecule has 0 spiro atoms. The minimum atomic E-state index is -0.363. The van der Waals surface area contributed by atoms with E-state index in [1.54, 1.807) is 0 Å².